The van der Waals surface area contributed by atoms with E-state index in [4.69, 9.17) is 4.74 Å². The first-order valence-corrected chi connectivity index (χ1v) is 8.66. The minimum atomic E-state index is -0.0884. The number of fused-ring (bicyclic) bond motifs is 1. The molecule has 24 heavy (non-hydrogen) atoms. The number of thiophene rings is 1. The van der Waals surface area contributed by atoms with Crippen molar-refractivity contribution < 1.29 is 14.3 Å². The van der Waals surface area contributed by atoms with E-state index in [-0.39, 0.29) is 18.4 Å². The van der Waals surface area contributed by atoms with Gasteiger partial charge in [-0.2, -0.15) is 0 Å². The molecular formula is C16H20N4O3S. The first kappa shape index (κ1) is 16.6. The minimum Gasteiger partial charge on any atom is -0.467 e. The molecule has 0 atom stereocenters. The van der Waals surface area contributed by atoms with Gasteiger partial charge in [0.05, 0.1) is 5.39 Å². The van der Waals surface area contributed by atoms with Crippen molar-refractivity contribution in [1.82, 2.24) is 19.8 Å². The first-order valence-electron chi connectivity index (χ1n) is 7.84. The summed E-state index contributed by atoms with van der Waals surface area (Å²) < 4.78 is 5.69. The number of hydrogen-bond acceptors (Lipinski definition) is 6. The molecule has 3 rings (SSSR count). The fourth-order valence-electron chi connectivity index (χ4n) is 2.75. The van der Waals surface area contributed by atoms with E-state index in [0.29, 0.717) is 32.1 Å². The SMILES string of the molecule is CC(=O)N1CCN(C(=O)COc2ncnc3sc(C)c(C)c23)CC1. The van der Waals surface area contributed by atoms with Gasteiger partial charge in [-0.15, -0.1) is 11.3 Å². The Morgan fingerprint density at radius 3 is 2.50 bits per heavy atom. The maximum atomic E-state index is 12.3. The molecule has 1 aliphatic rings. The van der Waals surface area contributed by atoms with Crippen LogP contribution in [0.4, 0.5) is 0 Å². The molecule has 0 bridgehead atoms. The summed E-state index contributed by atoms with van der Waals surface area (Å²) >= 11 is 1.59. The number of ether oxygens (including phenoxy) is 1. The Kier molecular flexibility index (Phi) is 4.66. The zero-order chi connectivity index (χ0) is 17.3. The van der Waals surface area contributed by atoms with Crippen molar-refractivity contribution in [3.8, 4) is 5.88 Å². The van der Waals surface area contributed by atoms with Crippen molar-refractivity contribution in [3.63, 3.8) is 0 Å². The van der Waals surface area contributed by atoms with Gasteiger partial charge in [0.15, 0.2) is 6.61 Å². The molecule has 7 nitrogen and oxygen atoms in total. The lowest BCUT2D eigenvalue weighted by molar-refractivity contribution is -0.139. The van der Waals surface area contributed by atoms with Crippen LogP contribution in [0.2, 0.25) is 0 Å². The van der Waals surface area contributed by atoms with Gasteiger partial charge in [-0.25, -0.2) is 9.97 Å². The quantitative estimate of drug-likeness (QED) is 0.838. The number of nitrogens with zero attached hydrogens (tertiary/aromatic N) is 4. The van der Waals surface area contributed by atoms with Crippen LogP contribution in [-0.2, 0) is 9.59 Å². The van der Waals surface area contributed by atoms with Crippen LogP contribution in [0, 0.1) is 13.8 Å². The van der Waals surface area contributed by atoms with Crippen molar-refractivity contribution in [2.45, 2.75) is 20.8 Å². The number of carbonyl (C=O) groups is 2. The summed E-state index contributed by atoms with van der Waals surface area (Å²) in [5.41, 5.74) is 1.09. The zero-order valence-corrected chi connectivity index (χ0v) is 14.9. The number of aromatic nitrogens is 2. The topological polar surface area (TPSA) is 75.6 Å². The van der Waals surface area contributed by atoms with Crippen LogP contribution in [0.15, 0.2) is 6.33 Å². The van der Waals surface area contributed by atoms with E-state index in [9.17, 15) is 9.59 Å². The number of aryl methyl sites for hydroxylation is 2. The number of amides is 2. The van der Waals surface area contributed by atoms with Crippen LogP contribution in [0.3, 0.4) is 0 Å². The third kappa shape index (κ3) is 3.19. The lowest BCUT2D eigenvalue weighted by Gasteiger charge is -2.34. The smallest absolute Gasteiger partial charge is 0.260 e. The summed E-state index contributed by atoms with van der Waals surface area (Å²) in [7, 11) is 0. The average molecular weight is 348 g/mol. The third-order valence-electron chi connectivity index (χ3n) is 4.34. The molecule has 0 aliphatic carbocycles. The molecule has 0 saturated carbocycles. The second-order valence-electron chi connectivity index (χ2n) is 5.82. The van der Waals surface area contributed by atoms with Crippen LogP contribution < -0.4 is 4.74 Å². The van der Waals surface area contributed by atoms with E-state index in [1.54, 1.807) is 28.1 Å². The van der Waals surface area contributed by atoms with Gasteiger partial charge in [0, 0.05) is 38.0 Å². The Balaban J connectivity index is 1.64. The Bertz CT molecular complexity index is 781. The molecule has 0 unspecified atom stereocenters. The summed E-state index contributed by atoms with van der Waals surface area (Å²) in [4.78, 5) is 37.6. The summed E-state index contributed by atoms with van der Waals surface area (Å²) in [5.74, 6) is 0.414. The van der Waals surface area contributed by atoms with E-state index < -0.39 is 0 Å². The van der Waals surface area contributed by atoms with Gasteiger partial charge in [0.2, 0.25) is 11.8 Å². The van der Waals surface area contributed by atoms with Crippen LogP contribution >= 0.6 is 11.3 Å². The molecule has 0 aromatic carbocycles. The van der Waals surface area contributed by atoms with Gasteiger partial charge < -0.3 is 14.5 Å². The Morgan fingerprint density at radius 2 is 1.83 bits per heavy atom. The highest BCUT2D eigenvalue weighted by Crippen LogP contribution is 2.33. The van der Waals surface area contributed by atoms with E-state index in [0.717, 1.165) is 15.8 Å². The summed E-state index contributed by atoms with van der Waals surface area (Å²) in [5, 5.41) is 0.884. The molecule has 0 spiro atoms. The molecule has 2 aromatic rings. The lowest BCUT2D eigenvalue weighted by atomic mass is 10.2. The number of carbonyl (C=O) groups excluding carboxylic acids is 2. The van der Waals surface area contributed by atoms with E-state index in [1.807, 2.05) is 13.8 Å². The highest BCUT2D eigenvalue weighted by Gasteiger charge is 2.23. The second-order valence-corrected chi connectivity index (χ2v) is 7.02. The molecule has 0 N–H and O–H groups in total. The molecule has 1 fully saturated rings. The first-order chi connectivity index (χ1) is 11.5. The number of hydrogen-bond donors (Lipinski definition) is 0. The Morgan fingerprint density at radius 1 is 1.17 bits per heavy atom. The van der Waals surface area contributed by atoms with Crippen LogP contribution in [0.25, 0.3) is 10.2 Å². The monoisotopic (exact) mass is 348 g/mol. The van der Waals surface area contributed by atoms with E-state index in [2.05, 4.69) is 9.97 Å². The average Bonchev–Trinajstić information content (AvgIpc) is 2.88. The molecule has 2 aromatic heterocycles. The zero-order valence-electron chi connectivity index (χ0n) is 14.0. The van der Waals surface area contributed by atoms with Crippen LogP contribution in [0.5, 0.6) is 5.88 Å². The molecule has 128 valence electrons. The van der Waals surface area contributed by atoms with Gasteiger partial charge in [-0.05, 0) is 19.4 Å². The molecule has 3 heterocycles. The molecule has 1 aliphatic heterocycles. The molecule has 1 saturated heterocycles. The van der Waals surface area contributed by atoms with Gasteiger partial charge in [-0.3, -0.25) is 9.59 Å². The largest absolute Gasteiger partial charge is 0.467 e. The van der Waals surface area contributed by atoms with Crippen LogP contribution in [-0.4, -0.2) is 64.4 Å². The predicted molar refractivity (Wildman–Crippen MR) is 91.2 cm³/mol. The Labute approximate surface area is 144 Å². The summed E-state index contributed by atoms with van der Waals surface area (Å²) in [6, 6.07) is 0. The molecule has 2 amide bonds. The van der Waals surface area contributed by atoms with Crippen molar-refractivity contribution in [1.29, 1.82) is 0 Å². The van der Waals surface area contributed by atoms with Gasteiger partial charge in [-0.1, -0.05) is 0 Å². The van der Waals surface area contributed by atoms with Gasteiger partial charge in [0.1, 0.15) is 11.2 Å². The third-order valence-corrected chi connectivity index (χ3v) is 5.46. The van der Waals surface area contributed by atoms with Crippen molar-refractivity contribution in [3.05, 3.63) is 16.8 Å². The molecule has 0 radical (unpaired) electrons. The fourth-order valence-corrected chi connectivity index (χ4v) is 3.74. The highest BCUT2D eigenvalue weighted by molar-refractivity contribution is 7.18. The van der Waals surface area contributed by atoms with Gasteiger partial charge in [0.25, 0.3) is 5.91 Å². The van der Waals surface area contributed by atoms with Crippen molar-refractivity contribution >= 4 is 33.4 Å². The van der Waals surface area contributed by atoms with Crippen LogP contribution in [0.1, 0.15) is 17.4 Å². The van der Waals surface area contributed by atoms with Gasteiger partial charge >= 0.3 is 0 Å². The number of piperazine rings is 1. The lowest BCUT2D eigenvalue weighted by Crippen LogP contribution is -2.51. The van der Waals surface area contributed by atoms with E-state index in [1.165, 1.54) is 11.2 Å². The van der Waals surface area contributed by atoms with E-state index >= 15 is 0 Å². The maximum absolute atomic E-state index is 12.3. The normalized spacial score (nSPS) is 15.0. The second kappa shape index (κ2) is 6.72. The molecule has 8 heteroatoms. The Hall–Kier alpha value is -2.22. The standard InChI is InChI=1S/C16H20N4O3S/c1-10-11(2)24-16-14(10)15(17-9-18-16)23-8-13(22)20-6-4-19(5-7-20)12(3)21/h9H,4-8H2,1-3H3. The summed E-state index contributed by atoms with van der Waals surface area (Å²) in [6.07, 6.45) is 1.46. The minimum absolute atomic E-state index is 0.0463. The van der Waals surface area contributed by atoms with Crippen molar-refractivity contribution in [2.75, 3.05) is 32.8 Å². The fraction of sp³-hybridized carbons (Fsp3) is 0.500. The number of rotatable bonds is 3. The van der Waals surface area contributed by atoms with Crippen molar-refractivity contribution in [2.24, 2.45) is 0 Å². The predicted octanol–water partition coefficient (Wildman–Crippen LogP) is 1.38. The molecular weight excluding hydrogens is 328 g/mol. The highest BCUT2D eigenvalue weighted by atomic mass is 32.1. The summed E-state index contributed by atoms with van der Waals surface area (Å²) in [6.45, 7) is 7.75. The maximum Gasteiger partial charge on any atom is 0.260 e.